The van der Waals surface area contributed by atoms with Crippen LogP contribution in [0.5, 0.6) is 0 Å². The molecule has 1 aliphatic carbocycles. The van der Waals surface area contributed by atoms with Crippen LogP contribution in [-0.4, -0.2) is 21.3 Å². The molecule has 1 aromatic carbocycles. The van der Waals surface area contributed by atoms with Gasteiger partial charge in [0.1, 0.15) is 5.82 Å². The number of fused-ring (bicyclic) bond motifs is 2. The van der Waals surface area contributed by atoms with Gasteiger partial charge in [0.15, 0.2) is 0 Å². The molecule has 1 aliphatic heterocycles. The molecule has 4 nitrogen and oxygen atoms in total. The lowest BCUT2D eigenvalue weighted by Gasteiger charge is -2.24. The van der Waals surface area contributed by atoms with Crippen LogP contribution in [0.1, 0.15) is 29.8 Å². The number of nitrogens with zero attached hydrogens (tertiary/aromatic N) is 3. The first-order valence-electron chi connectivity index (χ1n) is 9.29. The molecule has 0 radical (unpaired) electrons. The topological polar surface area (TPSA) is 42.7 Å². The van der Waals surface area contributed by atoms with E-state index in [1.54, 1.807) is 0 Å². The summed E-state index contributed by atoms with van der Waals surface area (Å²) in [7, 11) is 0. The lowest BCUT2D eigenvalue weighted by molar-refractivity contribution is 0.509. The molecule has 3 heterocycles. The van der Waals surface area contributed by atoms with Crippen LogP contribution >= 0.6 is 11.6 Å². The predicted octanol–water partition coefficient (Wildman–Crippen LogP) is 5.22. The van der Waals surface area contributed by atoms with Gasteiger partial charge in [-0.1, -0.05) is 35.9 Å². The summed E-state index contributed by atoms with van der Waals surface area (Å²) < 4.78 is 1.97. The van der Waals surface area contributed by atoms with Crippen molar-refractivity contribution in [2.24, 2.45) is 0 Å². The summed E-state index contributed by atoms with van der Waals surface area (Å²) >= 11 is 6.96. The van der Waals surface area contributed by atoms with Crippen LogP contribution in [0.25, 0.3) is 16.8 Å². The molecule has 5 heteroatoms. The van der Waals surface area contributed by atoms with Crippen molar-refractivity contribution in [2.45, 2.75) is 32.1 Å². The predicted molar refractivity (Wildman–Crippen MR) is 110 cm³/mol. The van der Waals surface area contributed by atoms with Crippen molar-refractivity contribution >= 4 is 17.4 Å². The molecule has 27 heavy (non-hydrogen) atoms. The summed E-state index contributed by atoms with van der Waals surface area (Å²) in [5, 5.41) is 8.87. The van der Waals surface area contributed by atoms with Gasteiger partial charge in [-0.15, -0.1) is 0 Å². The monoisotopic (exact) mass is 376 g/mol. The highest BCUT2D eigenvalue weighted by atomic mass is 35.5. The summed E-state index contributed by atoms with van der Waals surface area (Å²) in [5.41, 5.74) is 6.43. The largest absolute Gasteiger partial charge is 0.369 e. The van der Waals surface area contributed by atoms with Crippen molar-refractivity contribution in [2.75, 3.05) is 11.9 Å². The highest BCUT2D eigenvalue weighted by Crippen LogP contribution is 2.49. The second-order valence-electron chi connectivity index (χ2n) is 7.61. The van der Waals surface area contributed by atoms with Crippen molar-refractivity contribution < 1.29 is 0 Å². The number of pyridine rings is 1. The molecule has 5 rings (SSSR count). The summed E-state index contributed by atoms with van der Waals surface area (Å²) in [6, 6.07) is 10.4. The first kappa shape index (κ1) is 16.6. The molecule has 136 valence electrons. The maximum absolute atomic E-state index is 6.96. The molecule has 0 atom stereocenters. The maximum atomic E-state index is 6.96. The van der Waals surface area contributed by atoms with Gasteiger partial charge < -0.3 is 5.32 Å². The van der Waals surface area contributed by atoms with Gasteiger partial charge in [-0.05, 0) is 50.5 Å². The van der Waals surface area contributed by atoms with Gasteiger partial charge in [0, 0.05) is 35.0 Å². The van der Waals surface area contributed by atoms with Crippen LogP contribution in [0.2, 0.25) is 5.02 Å². The van der Waals surface area contributed by atoms with Crippen LogP contribution in [0, 0.1) is 13.8 Å². The molecule has 0 unspecified atom stereocenters. The van der Waals surface area contributed by atoms with E-state index in [1.165, 1.54) is 5.56 Å². The van der Waals surface area contributed by atoms with E-state index in [1.807, 2.05) is 17.8 Å². The number of hydrogen-bond acceptors (Lipinski definition) is 3. The number of aryl methyl sites for hydroxylation is 2. The SMILES string of the molecule is Cc1cc(C)n(-c2cccc(-c3cnc4c(c3Cl)C3(CC=CC3)CN4)c2)n1. The summed E-state index contributed by atoms with van der Waals surface area (Å²) in [6.45, 7) is 4.98. The van der Waals surface area contributed by atoms with Crippen LogP contribution in [0.15, 0.2) is 48.7 Å². The minimum Gasteiger partial charge on any atom is -0.369 e. The fraction of sp³-hybridized carbons (Fsp3) is 0.273. The van der Waals surface area contributed by atoms with Crippen LogP contribution in [0.4, 0.5) is 5.82 Å². The fourth-order valence-electron chi connectivity index (χ4n) is 4.39. The highest BCUT2D eigenvalue weighted by molar-refractivity contribution is 6.34. The zero-order chi connectivity index (χ0) is 18.6. The van der Waals surface area contributed by atoms with Gasteiger partial charge in [-0.2, -0.15) is 5.10 Å². The smallest absolute Gasteiger partial charge is 0.131 e. The Hall–Kier alpha value is -2.59. The number of benzene rings is 1. The minimum absolute atomic E-state index is 0.0583. The van der Waals surface area contributed by atoms with Crippen molar-refractivity contribution in [3.63, 3.8) is 0 Å². The lowest BCUT2D eigenvalue weighted by Crippen LogP contribution is -2.25. The number of aromatic nitrogens is 3. The molecule has 3 aromatic rings. The zero-order valence-corrected chi connectivity index (χ0v) is 16.2. The molecular formula is C22H21ClN4. The molecule has 1 N–H and O–H groups in total. The van der Waals surface area contributed by atoms with Crippen molar-refractivity contribution in [3.05, 3.63) is 70.7 Å². The molecule has 0 amide bonds. The Morgan fingerprint density at radius 3 is 2.70 bits per heavy atom. The Kier molecular flexibility index (Phi) is 3.66. The van der Waals surface area contributed by atoms with Crippen LogP contribution < -0.4 is 5.32 Å². The molecule has 2 aromatic heterocycles. The van der Waals surface area contributed by atoms with Gasteiger partial charge in [0.25, 0.3) is 0 Å². The summed E-state index contributed by atoms with van der Waals surface area (Å²) in [4.78, 5) is 4.69. The first-order valence-corrected chi connectivity index (χ1v) is 9.67. The second kappa shape index (κ2) is 5.96. The molecule has 0 bridgehead atoms. The van der Waals surface area contributed by atoms with Gasteiger partial charge in [0.2, 0.25) is 0 Å². The van der Waals surface area contributed by atoms with Crippen molar-refractivity contribution in [3.8, 4) is 16.8 Å². The summed E-state index contributed by atoms with van der Waals surface area (Å²) in [5.74, 6) is 0.933. The van der Waals surface area contributed by atoms with E-state index in [4.69, 9.17) is 16.6 Å². The van der Waals surface area contributed by atoms with Gasteiger partial charge in [0.05, 0.1) is 16.4 Å². The van der Waals surface area contributed by atoms with Gasteiger partial charge in [-0.25, -0.2) is 9.67 Å². The number of hydrogen-bond donors (Lipinski definition) is 1. The maximum Gasteiger partial charge on any atom is 0.131 e. The number of nitrogens with one attached hydrogen (secondary N) is 1. The quantitative estimate of drug-likeness (QED) is 0.623. The minimum atomic E-state index is 0.0583. The molecule has 1 spiro atoms. The average Bonchev–Trinajstić information content (AvgIpc) is 3.36. The second-order valence-corrected chi connectivity index (χ2v) is 7.99. The molecule has 0 fully saturated rings. The number of anilines is 1. The lowest BCUT2D eigenvalue weighted by atomic mass is 9.80. The third kappa shape index (κ3) is 2.51. The Morgan fingerprint density at radius 1 is 1.15 bits per heavy atom. The first-order chi connectivity index (χ1) is 13.1. The number of rotatable bonds is 2. The van der Waals surface area contributed by atoms with Crippen LogP contribution in [-0.2, 0) is 5.41 Å². The summed E-state index contributed by atoms with van der Waals surface area (Å²) in [6.07, 6.45) is 8.43. The average molecular weight is 377 g/mol. The van der Waals surface area contributed by atoms with E-state index in [0.717, 1.165) is 58.4 Å². The molecule has 0 saturated carbocycles. The standard InChI is InChI=1S/C22H21ClN4/c1-14-10-15(2)27(26-14)17-7-5-6-16(11-17)18-12-24-21-19(20(18)23)22(13-25-21)8-3-4-9-22/h3-7,10-12H,8-9,13H2,1-2H3,(H,24,25). The Bertz CT molecular complexity index is 1070. The van der Waals surface area contributed by atoms with E-state index < -0.39 is 0 Å². The highest BCUT2D eigenvalue weighted by Gasteiger charge is 2.42. The van der Waals surface area contributed by atoms with Crippen LogP contribution in [0.3, 0.4) is 0 Å². The zero-order valence-electron chi connectivity index (χ0n) is 15.5. The van der Waals surface area contributed by atoms with Crippen molar-refractivity contribution in [1.82, 2.24) is 14.8 Å². The van der Waals surface area contributed by atoms with E-state index >= 15 is 0 Å². The number of allylic oxidation sites excluding steroid dienone is 2. The fourth-order valence-corrected chi connectivity index (χ4v) is 4.84. The third-order valence-electron chi connectivity index (χ3n) is 5.74. The van der Waals surface area contributed by atoms with Crippen molar-refractivity contribution in [1.29, 1.82) is 0 Å². The molecular weight excluding hydrogens is 356 g/mol. The number of halogens is 1. The van der Waals surface area contributed by atoms with E-state index in [0.29, 0.717) is 0 Å². The van der Waals surface area contributed by atoms with E-state index in [-0.39, 0.29) is 5.41 Å². The van der Waals surface area contributed by atoms with E-state index in [9.17, 15) is 0 Å². The molecule has 2 aliphatic rings. The molecule has 0 saturated heterocycles. The Balaban J connectivity index is 1.63. The normalized spacial score (nSPS) is 16.7. The Labute approximate surface area is 163 Å². The van der Waals surface area contributed by atoms with Gasteiger partial charge >= 0.3 is 0 Å². The van der Waals surface area contributed by atoms with Gasteiger partial charge in [-0.3, -0.25) is 0 Å². The Morgan fingerprint density at radius 2 is 1.96 bits per heavy atom. The van der Waals surface area contributed by atoms with E-state index in [2.05, 4.69) is 59.8 Å². The third-order valence-corrected chi connectivity index (χ3v) is 6.13.